The molecule has 0 aliphatic carbocycles. The SMILES string of the molecule is Cc1ccc(C)c(OCCSCc2cc(=O)n3ccsc3n2)c1. The number of thioether (sulfide) groups is 1. The fourth-order valence-electron chi connectivity index (χ4n) is 2.21. The topological polar surface area (TPSA) is 43.6 Å². The highest BCUT2D eigenvalue weighted by Crippen LogP contribution is 2.19. The van der Waals surface area contributed by atoms with Gasteiger partial charge in [-0.1, -0.05) is 12.1 Å². The highest BCUT2D eigenvalue weighted by Gasteiger charge is 2.04. The number of fused-ring (bicyclic) bond motifs is 1. The number of thiazole rings is 1. The van der Waals surface area contributed by atoms with Gasteiger partial charge < -0.3 is 4.74 Å². The number of hydrogen-bond donors (Lipinski definition) is 0. The Labute approximate surface area is 143 Å². The van der Waals surface area contributed by atoms with Crippen LogP contribution in [-0.4, -0.2) is 21.7 Å². The minimum Gasteiger partial charge on any atom is -0.492 e. The van der Waals surface area contributed by atoms with Crippen molar-refractivity contribution in [2.24, 2.45) is 0 Å². The van der Waals surface area contributed by atoms with Crippen LogP contribution < -0.4 is 10.3 Å². The standard InChI is InChI=1S/C17H18N2O2S2/c1-12-3-4-13(2)15(9-12)21-6-8-22-11-14-10-16(20)19-5-7-23-17(19)18-14/h3-5,7,9-10H,6,8,11H2,1-2H3. The van der Waals surface area contributed by atoms with Crippen LogP contribution >= 0.6 is 23.1 Å². The molecule has 0 N–H and O–H groups in total. The van der Waals surface area contributed by atoms with Crippen LogP contribution in [0.2, 0.25) is 0 Å². The second-order valence-electron chi connectivity index (χ2n) is 5.31. The Morgan fingerprint density at radius 2 is 2.17 bits per heavy atom. The quantitative estimate of drug-likeness (QED) is 0.639. The summed E-state index contributed by atoms with van der Waals surface area (Å²) in [5.41, 5.74) is 3.17. The molecule has 0 saturated carbocycles. The molecule has 6 heteroatoms. The normalized spacial score (nSPS) is 11.0. The highest BCUT2D eigenvalue weighted by molar-refractivity contribution is 7.98. The maximum absolute atomic E-state index is 11.9. The van der Waals surface area contributed by atoms with Crippen molar-refractivity contribution in [1.82, 2.24) is 9.38 Å². The molecule has 0 aliphatic heterocycles. The Bertz CT molecular complexity index is 870. The van der Waals surface area contributed by atoms with E-state index in [1.165, 1.54) is 16.9 Å². The lowest BCUT2D eigenvalue weighted by Crippen LogP contribution is -2.12. The van der Waals surface area contributed by atoms with Crippen molar-refractivity contribution in [3.63, 3.8) is 0 Å². The summed E-state index contributed by atoms with van der Waals surface area (Å²) in [5, 5.41) is 1.87. The average Bonchev–Trinajstić information content (AvgIpc) is 2.99. The van der Waals surface area contributed by atoms with Gasteiger partial charge in [0.05, 0.1) is 12.3 Å². The summed E-state index contributed by atoms with van der Waals surface area (Å²) in [5.74, 6) is 2.53. The first-order chi connectivity index (χ1) is 11.1. The van der Waals surface area contributed by atoms with Gasteiger partial charge in [-0.15, -0.1) is 11.3 Å². The van der Waals surface area contributed by atoms with E-state index in [4.69, 9.17) is 4.74 Å². The van der Waals surface area contributed by atoms with E-state index in [9.17, 15) is 4.79 Å². The minimum atomic E-state index is -0.0153. The molecule has 0 unspecified atom stereocenters. The molecule has 0 atom stereocenters. The zero-order valence-electron chi connectivity index (χ0n) is 13.1. The average molecular weight is 346 g/mol. The Kier molecular flexibility index (Phi) is 5.03. The molecule has 2 heterocycles. The Morgan fingerprint density at radius 3 is 3.04 bits per heavy atom. The van der Waals surface area contributed by atoms with Crippen molar-refractivity contribution in [3.8, 4) is 5.75 Å². The molecular weight excluding hydrogens is 328 g/mol. The minimum absolute atomic E-state index is 0.0153. The number of aromatic nitrogens is 2. The molecule has 0 spiro atoms. The molecule has 0 amide bonds. The van der Waals surface area contributed by atoms with Crippen LogP contribution in [0.15, 0.2) is 40.6 Å². The summed E-state index contributed by atoms with van der Waals surface area (Å²) in [4.78, 5) is 17.1. The molecule has 3 aromatic rings. The van der Waals surface area contributed by atoms with E-state index in [1.54, 1.807) is 28.4 Å². The number of rotatable bonds is 6. The van der Waals surface area contributed by atoms with Gasteiger partial charge in [-0.05, 0) is 31.0 Å². The zero-order chi connectivity index (χ0) is 16.2. The van der Waals surface area contributed by atoms with Gasteiger partial charge in [0, 0.05) is 29.1 Å². The molecule has 0 bridgehead atoms. The summed E-state index contributed by atoms with van der Waals surface area (Å²) in [6.07, 6.45) is 1.75. The molecule has 0 fully saturated rings. The van der Waals surface area contributed by atoms with Crippen molar-refractivity contribution in [2.75, 3.05) is 12.4 Å². The monoisotopic (exact) mass is 346 g/mol. The summed E-state index contributed by atoms with van der Waals surface area (Å²) >= 11 is 3.20. The maximum Gasteiger partial charge on any atom is 0.258 e. The lowest BCUT2D eigenvalue weighted by Gasteiger charge is -2.09. The van der Waals surface area contributed by atoms with E-state index in [1.807, 2.05) is 5.38 Å². The first kappa shape index (κ1) is 16.1. The summed E-state index contributed by atoms with van der Waals surface area (Å²) in [6, 6.07) is 7.83. The molecule has 4 nitrogen and oxygen atoms in total. The molecule has 0 radical (unpaired) electrons. The van der Waals surface area contributed by atoms with E-state index in [-0.39, 0.29) is 5.56 Å². The van der Waals surface area contributed by atoms with Crippen LogP contribution in [0.1, 0.15) is 16.8 Å². The van der Waals surface area contributed by atoms with E-state index < -0.39 is 0 Å². The third-order valence-corrected chi connectivity index (χ3v) is 5.15. The smallest absolute Gasteiger partial charge is 0.258 e. The van der Waals surface area contributed by atoms with Crippen LogP contribution in [0.4, 0.5) is 0 Å². The van der Waals surface area contributed by atoms with Gasteiger partial charge in [-0.25, -0.2) is 4.98 Å². The van der Waals surface area contributed by atoms with Crippen LogP contribution in [0, 0.1) is 13.8 Å². The Morgan fingerprint density at radius 1 is 1.30 bits per heavy atom. The maximum atomic E-state index is 11.9. The Hall–Kier alpha value is -1.79. The summed E-state index contributed by atoms with van der Waals surface area (Å²) in [6.45, 7) is 4.76. The van der Waals surface area contributed by atoms with Gasteiger partial charge in [0.15, 0.2) is 4.96 Å². The lowest BCUT2D eigenvalue weighted by molar-refractivity contribution is 0.341. The van der Waals surface area contributed by atoms with Crippen molar-refractivity contribution < 1.29 is 4.74 Å². The van der Waals surface area contributed by atoms with Gasteiger partial charge in [0.25, 0.3) is 5.56 Å². The molecule has 23 heavy (non-hydrogen) atoms. The van der Waals surface area contributed by atoms with Crippen LogP contribution in [0.25, 0.3) is 4.96 Å². The number of hydrogen-bond acceptors (Lipinski definition) is 5. The third-order valence-electron chi connectivity index (χ3n) is 3.44. The molecule has 0 saturated heterocycles. The van der Waals surface area contributed by atoms with Crippen LogP contribution in [0.5, 0.6) is 5.75 Å². The first-order valence-corrected chi connectivity index (χ1v) is 9.40. The van der Waals surface area contributed by atoms with Crippen LogP contribution in [-0.2, 0) is 5.75 Å². The second kappa shape index (κ2) is 7.19. The molecular formula is C17H18N2O2S2. The number of ether oxygens (including phenoxy) is 1. The van der Waals surface area contributed by atoms with Crippen molar-refractivity contribution in [3.05, 3.63) is 63.0 Å². The third kappa shape index (κ3) is 3.95. The van der Waals surface area contributed by atoms with Gasteiger partial charge in [0.2, 0.25) is 0 Å². The number of aryl methyl sites for hydroxylation is 2. The van der Waals surface area contributed by atoms with E-state index in [2.05, 4.69) is 37.0 Å². The summed E-state index contributed by atoms with van der Waals surface area (Å²) < 4.78 is 7.40. The van der Waals surface area contributed by atoms with Gasteiger partial charge in [-0.3, -0.25) is 9.20 Å². The highest BCUT2D eigenvalue weighted by atomic mass is 32.2. The summed E-state index contributed by atoms with van der Waals surface area (Å²) in [7, 11) is 0. The fraction of sp³-hybridized carbons (Fsp3) is 0.294. The first-order valence-electron chi connectivity index (χ1n) is 7.37. The predicted molar refractivity (Wildman–Crippen MR) is 96.9 cm³/mol. The van der Waals surface area contributed by atoms with E-state index in [0.29, 0.717) is 6.61 Å². The second-order valence-corrected chi connectivity index (χ2v) is 7.29. The molecule has 120 valence electrons. The Balaban J connectivity index is 1.51. The molecule has 2 aromatic heterocycles. The lowest BCUT2D eigenvalue weighted by atomic mass is 10.1. The predicted octanol–water partition coefficient (Wildman–Crippen LogP) is 3.69. The van der Waals surface area contributed by atoms with Gasteiger partial charge in [0.1, 0.15) is 5.75 Å². The fourth-order valence-corrected chi connectivity index (χ4v) is 3.65. The van der Waals surface area contributed by atoms with Crippen LogP contribution in [0.3, 0.4) is 0 Å². The van der Waals surface area contributed by atoms with Crippen molar-refractivity contribution >= 4 is 28.1 Å². The largest absolute Gasteiger partial charge is 0.492 e. The van der Waals surface area contributed by atoms with E-state index in [0.717, 1.165) is 33.5 Å². The van der Waals surface area contributed by atoms with Gasteiger partial charge in [-0.2, -0.15) is 11.8 Å². The zero-order valence-corrected chi connectivity index (χ0v) is 14.7. The number of nitrogens with zero attached hydrogens (tertiary/aromatic N) is 2. The molecule has 1 aromatic carbocycles. The van der Waals surface area contributed by atoms with E-state index >= 15 is 0 Å². The molecule has 0 aliphatic rings. The molecule has 3 rings (SSSR count). The van der Waals surface area contributed by atoms with Gasteiger partial charge >= 0.3 is 0 Å². The van der Waals surface area contributed by atoms with Crippen molar-refractivity contribution in [1.29, 1.82) is 0 Å². The van der Waals surface area contributed by atoms with Crippen molar-refractivity contribution in [2.45, 2.75) is 19.6 Å². The number of benzene rings is 1.